The van der Waals surface area contributed by atoms with E-state index in [0.29, 0.717) is 73.9 Å². The minimum absolute atomic E-state index is 0.0344. The molecular formula is C47H87NO6. The van der Waals surface area contributed by atoms with E-state index < -0.39 is 0 Å². The fraction of sp³-hybridized carbons (Fsp3) is 0.894. The van der Waals surface area contributed by atoms with Gasteiger partial charge in [-0.15, -0.1) is 0 Å². The zero-order valence-corrected chi connectivity index (χ0v) is 36.8. The van der Waals surface area contributed by atoms with Crippen LogP contribution < -0.4 is 0 Å². The first-order chi connectivity index (χ1) is 25.8. The summed E-state index contributed by atoms with van der Waals surface area (Å²) in [5.74, 6) is 3.72. The van der Waals surface area contributed by atoms with Gasteiger partial charge in [0, 0.05) is 32.4 Å². The van der Waals surface area contributed by atoms with Crippen molar-refractivity contribution in [2.24, 2.45) is 41.4 Å². The third kappa shape index (κ3) is 26.7. The SMILES string of the molecule is CCC1C=CN(CCCC(=O)OC(CCCCCCCC(=O)OCC(CCC(C)C)C(C)C)CCCCCCCC(=O)OCC(CCC(C)C)C(C)C)C1. The molecule has 0 aromatic rings. The van der Waals surface area contributed by atoms with Gasteiger partial charge < -0.3 is 19.1 Å². The lowest BCUT2D eigenvalue weighted by atomic mass is 9.89. The Morgan fingerprint density at radius 1 is 0.574 bits per heavy atom. The third-order valence-corrected chi connectivity index (χ3v) is 11.5. The van der Waals surface area contributed by atoms with E-state index in [1.807, 2.05) is 0 Å². The first kappa shape index (κ1) is 50.0. The van der Waals surface area contributed by atoms with Crippen LogP contribution in [0.15, 0.2) is 12.3 Å². The summed E-state index contributed by atoms with van der Waals surface area (Å²) in [5.41, 5.74) is 0. The van der Waals surface area contributed by atoms with Crippen molar-refractivity contribution < 1.29 is 28.6 Å². The van der Waals surface area contributed by atoms with Crippen molar-refractivity contribution in [3.05, 3.63) is 12.3 Å². The Hall–Kier alpha value is -2.05. The number of ether oxygens (including phenoxy) is 3. The van der Waals surface area contributed by atoms with E-state index in [0.717, 1.165) is 116 Å². The molecule has 1 aliphatic heterocycles. The van der Waals surface area contributed by atoms with Crippen molar-refractivity contribution in [1.82, 2.24) is 4.90 Å². The Morgan fingerprint density at radius 3 is 1.44 bits per heavy atom. The first-order valence-corrected chi connectivity index (χ1v) is 22.7. The van der Waals surface area contributed by atoms with Gasteiger partial charge in [0.25, 0.3) is 0 Å². The van der Waals surface area contributed by atoms with Crippen LogP contribution in [0.1, 0.15) is 197 Å². The van der Waals surface area contributed by atoms with Crippen molar-refractivity contribution in [3.63, 3.8) is 0 Å². The largest absolute Gasteiger partial charge is 0.465 e. The number of nitrogens with zero attached hydrogens (tertiary/aromatic N) is 1. The highest BCUT2D eigenvalue weighted by Crippen LogP contribution is 2.23. The van der Waals surface area contributed by atoms with Gasteiger partial charge in [-0.1, -0.05) is 120 Å². The maximum atomic E-state index is 12.9. The van der Waals surface area contributed by atoms with Crippen LogP contribution in [-0.2, 0) is 28.6 Å². The van der Waals surface area contributed by atoms with Gasteiger partial charge in [0.15, 0.2) is 0 Å². The van der Waals surface area contributed by atoms with Crippen LogP contribution in [0.25, 0.3) is 0 Å². The number of unbranched alkanes of at least 4 members (excludes halogenated alkanes) is 8. The number of hydrogen-bond acceptors (Lipinski definition) is 7. The quantitative estimate of drug-likeness (QED) is 0.0367. The van der Waals surface area contributed by atoms with E-state index in [9.17, 15) is 14.4 Å². The summed E-state index contributed by atoms with van der Waals surface area (Å²) in [5, 5.41) is 0. The minimum Gasteiger partial charge on any atom is -0.465 e. The Balaban J connectivity index is 2.37. The molecule has 7 nitrogen and oxygen atoms in total. The Morgan fingerprint density at radius 2 is 1.02 bits per heavy atom. The monoisotopic (exact) mass is 762 g/mol. The van der Waals surface area contributed by atoms with E-state index in [-0.39, 0.29) is 24.0 Å². The van der Waals surface area contributed by atoms with E-state index in [1.165, 1.54) is 12.8 Å². The van der Waals surface area contributed by atoms with Crippen LogP contribution in [0.4, 0.5) is 0 Å². The van der Waals surface area contributed by atoms with Crippen molar-refractivity contribution in [3.8, 4) is 0 Å². The predicted octanol–water partition coefficient (Wildman–Crippen LogP) is 12.5. The van der Waals surface area contributed by atoms with E-state index in [1.54, 1.807) is 0 Å². The molecule has 0 N–H and O–H groups in total. The van der Waals surface area contributed by atoms with Gasteiger partial charge in [-0.05, 0) is 112 Å². The second kappa shape index (κ2) is 31.1. The average Bonchev–Trinajstić information content (AvgIpc) is 3.57. The second-order valence-electron chi connectivity index (χ2n) is 18.1. The van der Waals surface area contributed by atoms with Gasteiger partial charge >= 0.3 is 17.9 Å². The number of rotatable bonds is 34. The maximum Gasteiger partial charge on any atom is 0.306 e. The molecule has 316 valence electrons. The topological polar surface area (TPSA) is 82.1 Å². The minimum atomic E-state index is -0.0694. The van der Waals surface area contributed by atoms with Crippen molar-refractivity contribution in [1.29, 1.82) is 0 Å². The Labute approximate surface area is 333 Å². The van der Waals surface area contributed by atoms with Gasteiger partial charge in [0.1, 0.15) is 6.10 Å². The molecule has 0 amide bonds. The zero-order chi connectivity index (χ0) is 40.1. The molecule has 0 aromatic carbocycles. The summed E-state index contributed by atoms with van der Waals surface area (Å²) in [6.07, 6.45) is 24.4. The molecule has 0 aromatic heterocycles. The molecule has 0 saturated heterocycles. The zero-order valence-electron chi connectivity index (χ0n) is 36.8. The van der Waals surface area contributed by atoms with Gasteiger partial charge in [-0.3, -0.25) is 14.4 Å². The molecule has 0 saturated carbocycles. The summed E-state index contributed by atoms with van der Waals surface area (Å²) in [6, 6.07) is 0. The standard InChI is InChI=1S/C47H87NO6/c1-10-41-31-33-48(34-41)32-21-26-47(51)54-44(22-17-13-11-15-19-24-45(49)52-35-42(39(6)7)29-27-37(2)3)23-18-14-12-16-20-25-46(50)53-36-43(40(8)9)30-28-38(4)5/h31,33,37-44H,10-30,32,34-36H2,1-9H3. The van der Waals surface area contributed by atoms with Crippen LogP contribution in [0.2, 0.25) is 0 Å². The van der Waals surface area contributed by atoms with Crippen LogP contribution in [-0.4, -0.2) is 55.2 Å². The fourth-order valence-electron chi connectivity index (χ4n) is 7.23. The summed E-state index contributed by atoms with van der Waals surface area (Å²) in [7, 11) is 0. The molecule has 54 heavy (non-hydrogen) atoms. The van der Waals surface area contributed by atoms with Gasteiger partial charge in [-0.25, -0.2) is 0 Å². The molecule has 0 aliphatic carbocycles. The Bertz CT molecular complexity index is 937. The normalized spacial score (nSPS) is 16.1. The molecule has 0 spiro atoms. The van der Waals surface area contributed by atoms with Crippen LogP contribution in [0, 0.1) is 41.4 Å². The summed E-state index contributed by atoms with van der Waals surface area (Å²) in [6.45, 7) is 23.2. The molecule has 1 rings (SSSR count). The van der Waals surface area contributed by atoms with Gasteiger partial charge in [-0.2, -0.15) is 0 Å². The second-order valence-corrected chi connectivity index (χ2v) is 18.1. The number of esters is 3. The molecule has 0 radical (unpaired) electrons. The Kier molecular flexibility index (Phi) is 28.8. The number of carbonyl (C=O) groups excluding carboxylic acids is 3. The van der Waals surface area contributed by atoms with Crippen molar-refractivity contribution >= 4 is 17.9 Å². The van der Waals surface area contributed by atoms with Crippen LogP contribution >= 0.6 is 0 Å². The van der Waals surface area contributed by atoms with Crippen molar-refractivity contribution in [2.45, 2.75) is 203 Å². The lowest BCUT2D eigenvalue weighted by Gasteiger charge is -2.21. The lowest BCUT2D eigenvalue weighted by molar-refractivity contribution is -0.150. The molecule has 0 fully saturated rings. The lowest BCUT2D eigenvalue weighted by Crippen LogP contribution is -2.22. The first-order valence-electron chi connectivity index (χ1n) is 22.7. The summed E-state index contributed by atoms with van der Waals surface area (Å²) in [4.78, 5) is 40.0. The highest BCUT2D eigenvalue weighted by molar-refractivity contribution is 5.70. The number of carbonyl (C=O) groups is 3. The van der Waals surface area contributed by atoms with E-state index >= 15 is 0 Å². The van der Waals surface area contributed by atoms with Gasteiger partial charge in [0.2, 0.25) is 0 Å². The van der Waals surface area contributed by atoms with Gasteiger partial charge in [0.05, 0.1) is 13.2 Å². The molecular weight excluding hydrogens is 675 g/mol. The smallest absolute Gasteiger partial charge is 0.306 e. The molecule has 1 aliphatic rings. The summed E-state index contributed by atoms with van der Waals surface area (Å²) < 4.78 is 17.4. The third-order valence-electron chi connectivity index (χ3n) is 11.5. The highest BCUT2D eigenvalue weighted by atomic mass is 16.5. The fourth-order valence-corrected chi connectivity index (χ4v) is 7.23. The molecule has 3 unspecified atom stereocenters. The summed E-state index contributed by atoms with van der Waals surface area (Å²) >= 11 is 0. The molecule has 7 heteroatoms. The van der Waals surface area contributed by atoms with Crippen LogP contribution in [0.3, 0.4) is 0 Å². The highest BCUT2D eigenvalue weighted by Gasteiger charge is 2.19. The molecule has 0 bridgehead atoms. The number of hydrogen-bond donors (Lipinski definition) is 0. The molecule has 1 heterocycles. The van der Waals surface area contributed by atoms with E-state index in [2.05, 4.69) is 79.5 Å². The predicted molar refractivity (Wildman–Crippen MR) is 225 cm³/mol. The molecule has 3 atom stereocenters. The van der Waals surface area contributed by atoms with Crippen molar-refractivity contribution in [2.75, 3.05) is 26.3 Å². The van der Waals surface area contributed by atoms with E-state index in [4.69, 9.17) is 14.2 Å². The average molecular weight is 762 g/mol. The van der Waals surface area contributed by atoms with Crippen LogP contribution in [0.5, 0.6) is 0 Å². The maximum absolute atomic E-state index is 12.9.